The molecule has 0 fully saturated rings. The van der Waals surface area contributed by atoms with Crippen LogP contribution in [0.1, 0.15) is 11.1 Å². The van der Waals surface area contributed by atoms with Crippen LogP contribution in [-0.4, -0.2) is 20.1 Å². The second kappa shape index (κ2) is 7.59. The number of hydrogen-bond donors (Lipinski definition) is 3. The molecule has 0 aliphatic rings. The molecule has 0 saturated heterocycles. The molecule has 4 rings (SSSR count). The number of nitrogens with two attached hydrogens (primary N) is 2. The number of benzene rings is 2. The van der Waals surface area contributed by atoms with Crippen LogP contribution in [-0.2, 0) is 13.2 Å². The number of rotatable bonds is 5. The average Bonchev–Trinajstić information content (AvgIpc) is 2.74. The second-order valence-electron chi connectivity index (χ2n) is 6.48. The van der Waals surface area contributed by atoms with Crippen LogP contribution in [0.3, 0.4) is 0 Å². The van der Waals surface area contributed by atoms with E-state index in [4.69, 9.17) is 11.6 Å². The first-order valence-electron chi connectivity index (χ1n) is 8.82. The van der Waals surface area contributed by atoms with Crippen molar-refractivity contribution in [3.63, 3.8) is 0 Å². The van der Waals surface area contributed by atoms with Gasteiger partial charge in [0.15, 0.2) is 11.6 Å². The Labute approximate surface area is 162 Å². The summed E-state index contributed by atoms with van der Waals surface area (Å²) in [6.45, 7) is 0.382. The molecule has 28 heavy (non-hydrogen) atoms. The number of nitrogens with zero attached hydrogens (tertiary/aromatic N) is 4. The van der Waals surface area contributed by atoms with E-state index < -0.39 is 0 Å². The summed E-state index contributed by atoms with van der Waals surface area (Å²) in [5, 5.41) is 11.9. The van der Waals surface area contributed by atoms with E-state index in [1.807, 2.05) is 54.6 Å². The number of pyridine rings is 1. The van der Waals surface area contributed by atoms with Crippen molar-refractivity contribution >= 4 is 22.5 Å². The van der Waals surface area contributed by atoms with E-state index in [1.165, 1.54) is 5.01 Å². The van der Waals surface area contributed by atoms with E-state index in [9.17, 15) is 5.11 Å². The van der Waals surface area contributed by atoms with Gasteiger partial charge in [-0.25, -0.2) is 15.8 Å². The molecule has 5 N–H and O–H groups in total. The fourth-order valence-electron chi connectivity index (χ4n) is 3.06. The molecule has 0 atom stereocenters. The number of fused-ring (bicyclic) bond motifs is 1. The van der Waals surface area contributed by atoms with Crippen molar-refractivity contribution < 1.29 is 5.11 Å². The van der Waals surface area contributed by atoms with Crippen molar-refractivity contribution in [3.05, 3.63) is 78.1 Å². The predicted molar refractivity (Wildman–Crippen MR) is 110 cm³/mol. The normalized spacial score (nSPS) is 10.9. The van der Waals surface area contributed by atoms with E-state index >= 15 is 0 Å². The zero-order valence-corrected chi connectivity index (χ0v) is 15.2. The van der Waals surface area contributed by atoms with Gasteiger partial charge in [-0.05, 0) is 35.4 Å². The molecule has 0 aliphatic carbocycles. The molecule has 0 radical (unpaired) electrons. The molecule has 140 valence electrons. The summed E-state index contributed by atoms with van der Waals surface area (Å²) in [7, 11) is 0. The molecule has 0 saturated carbocycles. The van der Waals surface area contributed by atoms with Crippen molar-refractivity contribution in [2.75, 3.05) is 10.7 Å². The lowest BCUT2D eigenvalue weighted by atomic mass is 10.1. The predicted octanol–water partition coefficient (Wildman–Crippen LogP) is 2.65. The first-order chi connectivity index (χ1) is 13.6. The number of aromatic nitrogens is 3. The van der Waals surface area contributed by atoms with Gasteiger partial charge >= 0.3 is 0 Å². The van der Waals surface area contributed by atoms with Crippen molar-refractivity contribution in [1.29, 1.82) is 0 Å². The molecule has 0 aliphatic heterocycles. The van der Waals surface area contributed by atoms with Crippen LogP contribution in [0.4, 0.5) is 11.6 Å². The van der Waals surface area contributed by atoms with Gasteiger partial charge in [0.25, 0.3) is 0 Å². The molecule has 7 heteroatoms. The van der Waals surface area contributed by atoms with Gasteiger partial charge in [0.1, 0.15) is 0 Å². The number of hydrogen-bond acceptors (Lipinski definition) is 7. The highest BCUT2D eigenvalue weighted by Gasteiger charge is 2.13. The molecule has 0 amide bonds. The summed E-state index contributed by atoms with van der Waals surface area (Å²) in [5.74, 6) is 6.93. The average molecular weight is 372 g/mol. The Morgan fingerprint density at radius 2 is 1.86 bits per heavy atom. The minimum absolute atomic E-state index is 0.0388. The highest BCUT2D eigenvalue weighted by molar-refractivity contribution is 5.79. The SMILES string of the molecule is Nc1ncc(-c2cccc(CO)c2)nc1N(N)Cc1ccc2ncccc2c1. The van der Waals surface area contributed by atoms with Crippen LogP contribution >= 0.6 is 0 Å². The van der Waals surface area contributed by atoms with Gasteiger partial charge < -0.3 is 10.8 Å². The maximum atomic E-state index is 9.35. The summed E-state index contributed by atoms with van der Waals surface area (Å²) >= 11 is 0. The van der Waals surface area contributed by atoms with Gasteiger partial charge in [-0.1, -0.05) is 30.3 Å². The van der Waals surface area contributed by atoms with Crippen LogP contribution < -0.4 is 16.6 Å². The van der Waals surface area contributed by atoms with Crippen LogP contribution in [0.25, 0.3) is 22.2 Å². The minimum Gasteiger partial charge on any atom is -0.392 e. The van der Waals surface area contributed by atoms with Gasteiger partial charge in [0, 0.05) is 17.1 Å². The second-order valence-corrected chi connectivity index (χ2v) is 6.48. The Hall–Kier alpha value is -3.55. The Balaban J connectivity index is 1.63. The molecule has 2 aromatic carbocycles. The van der Waals surface area contributed by atoms with Crippen LogP contribution in [0.15, 0.2) is 67.0 Å². The van der Waals surface area contributed by atoms with E-state index in [0.29, 0.717) is 18.1 Å². The molecular formula is C21H20N6O. The zero-order chi connectivity index (χ0) is 19.5. The zero-order valence-electron chi connectivity index (χ0n) is 15.2. The molecule has 0 bridgehead atoms. The summed E-state index contributed by atoms with van der Waals surface area (Å²) in [4.78, 5) is 13.2. The van der Waals surface area contributed by atoms with Gasteiger partial charge in [-0.2, -0.15) is 0 Å². The standard InChI is InChI=1S/C21H20N6O/c22-20-21(26-19(11-25-20)17-4-1-3-15(10-17)13-28)27(23)12-14-6-7-18-16(9-14)5-2-8-24-18/h1-11,28H,12-13,23H2,(H2,22,25). The number of hydrazine groups is 1. The van der Waals surface area contributed by atoms with E-state index in [-0.39, 0.29) is 12.4 Å². The summed E-state index contributed by atoms with van der Waals surface area (Å²) in [6, 6.07) is 17.4. The first kappa shape index (κ1) is 17.8. The molecule has 0 unspecified atom stereocenters. The van der Waals surface area contributed by atoms with Crippen molar-refractivity contribution in [1.82, 2.24) is 15.0 Å². The molecule has 7 nitrogen and oxygen atoms in total. The van der Waals surface area contributed by atoms with E-state index in [2.05, 4.69) is 15.0 Å². The lowest BCUT2D eigenvalue weighted by Gasteiger charge is -2.19. The number of aliphatic hydroxyl groups excluding tert-OH is 1. The highest BCUT2D eigenvalue weighted by atomic mass is 16.3. The molecule has 2 heterocycles. The number of aliphatic hydroxyl groups is 1. The third kappa shape index (κ3) is 3.62. The Bertz CT molecular complexity index is 1130. The van der Waals surface area contributed by atoms with Gasteiger partial charge in [0.05, 0.1) is 30.6 Å². The molecule has 2 aromatic heterocycles. The quantitative estimate of drug-likeness (QED) is 0.364. The van der Waals surface area contributed by atoms with E-state index in [1.54, 1.807) is 12.4 Å². The maximum Gasteiger partial charge on any atom is 0.186 e. The topological polar surface area (TPSA) is 114 Å². The van der Waals surface area contributed by atoms with Crippen molar-refractivity contribution in [2.45, 2.75) is 13.2 Å². The van der Waals surface area contributed by atoms with E-state index in [0.717, 1.165) is 27.6 Å². The van der Waals surface area contributed by atoms with Crippen LogP contribution in [0, 0.1) is 0 Å². The Kier molecular flexibility index (Phi) is 4.84. The number of anilines is 2. The highest BCUT2D eigenvalue weighted by Crippen LogP contribution is 2.25. The first-order valence-corrected chi connectivity index (χ1v) is 8.82. The van der Waals surface area contributed by atoms with Gasteiger partial charge in [0.2, 0.25) is 0 Å². The third-order valence-corrected chi connectivity index (χ3v) is 4.48. The molecule has 0 spiro atoms. The third-order valence-electron chi connectivity index (χ3n) is 4.48. The fourth-order valence-corrected chi connectivity index (χ4v) is 3.06. The molecular weight excluding hydrogens is 352 g/mol. The monoisotopic (exact) mass is 372 g/mol. The van der Waals surface area contributed by atoms with Crippen molar-refractivity contribution in [3.8, 4) is 11.3 Å². The number of nitrogen functional groups attached to an aromatic ring is 1. The van der Waals surface area contributed by atoms with Crippen molar-refractivity contribution in [2.24, 2.45) is 5.84 Å². The Morgan fingerprint density at radius 1 is 0.964 bits per heavy atom. The maximum absolute atomic E-state index is 9.35. The van der Waals surface area contributed by atoms with Gasteiger partial charge in [-0.15, -0.1) is 0 Å². The lowest BCUT2D eigenvalue weighted by molar-refractivity contribution is 0.282. The lowest BCUT2D eigenvalue weighted by Crippen LogP contribution is -2.32. The minimum atomic E-state index is -0.0388. The fraction of sp³-hybridized carbons (Fsp3) is 0.0952. The van der Waals surface area contributed by atoms with Gasteiger partial charge in [-0.3, -0.25) is 9.99 Å². The molecule has 4 aromatic rings. The summed E-state index contributed by atoms with van der Waals surface area (Å²) in [6.07, 6.45) is 3.37. The van der Waals surface area contributed by atoms with Crippen LogP contribution in [0.2, 0.25) is 0 Å². The largest absolute Gasteiger partial charge is 0.392 e. The summed E-state index contributed by atoms with van der Waals surface area (Å²) < 4.78 is 0. The van der Waals surface area contributed by atoms with Crippen LogP contribution in [0.5, 0.6) is 0 Å². The smallest absolute Gasteiger partial charge is 0.186 e. The Morgan fingerprint density at radius 3 is 2.71 bits per heavy atom. The summed E-state index contributed by atoms with van der Waals surface area (Å²) in [5.41, 5.74) is 10.2.